The highest BCUT2D eigenvalue weighted by molar-refractivity contribution is 6.21. The van der Waals surface area contributed by atoms with Crippen LogP contribution in [-0.4, -0.2) is 22.1 Å². The van der Waals surface area contributed by atoms with Crippen LogP contribution in [0.25, 0.3) is 11.6 Å². The van der Waals surface area contributed by atoms with E-state index < -0.39 is 0 Å². The van der Waals surface area contributed by atoms with Gasteiger partial charge in [-0.05, 0) is 31.1 Å². The van der Waals surface area contributed by atoms with Crippen LogP contribution in [0.5, 0.6) is 5.75 Å². The van der Waals surface area contributed by atoms with Gasteiger partial charge in [0.25, 0.3) is 0 Å². The van der Waals surface area contributed by atoms with Crippen molar-refractivity contribution in [2.24, 2.45) is 10.9 Å². The van der Waals surface area contributed by atoms with Crippen LogP contribution in [0.2, 0.25) is 0 Å². The standard InChI is InChI=1S/C17H14N2O3/c20-15(10-3-1-4-10)13-9-22-14(16(13)21)7-11-8-19-17-12(11)5-2-6-18-17/h2,5-10,21H,1,3-4H2. The molecule has 4 rings (SSSR count). The van der Waals surface area contributed by atoms with Crippen LogP contribution in [0.1, 0.15) is 40.9 Å². The predicted octanol–water partition coefficient (Wildman–Crippen LogP) is 3.62. The van der Waals surface area contributed by atoms with Gasteiger partial charge in [-0.15, -0.1) is 0 Å². The molecule has 5 heteroatoms. The topological polar surface area (TPSA) is 75.7 Å². The molecule has 3 heterocycles. The number of carbonyl (C=O) groups excluding carboxylic acids is 1. The number of aromatic nitrogens is 1. The first-order chi connectivity index (χ1) is 10.7. The highest BCUT2D eigenvalue weighted by atomic mass is 16.4. The quantitative estimate of drug-likeness (QED) is 0.877. The molecule has 2 aliphatic rings. The van der Waals surface area contributed by atoms with E-state index in [0.717, 1.165) is 30.4 Å². The summed E-state index contributed by atoms with van der Waals surface area (Å²) in [5.74, 6) is 0.836. The highest BCUT2D eigenvalue weighted by Crippen LogP contribution is 2.37. The van der Waals surface area contributed by atoms with Crippen molar-refractivity contribution in [1.29, 1.82) is 0 Å². The maximum absolute atomic E-state index is 12.2. The highest BCUT2D eigenvalue weighted by Gasteiger charge is 2.30. The van der Waals surface area contributed by atoms with E-state index in [2.05, 4.69) is 9.98 Å². The second-order valence-electron chi connectivity index (χ2n) is 5.59. The third kappa shape index (κ3) is 1.97. The molecule has 0 atom stereocenters. The Morgan fingerprint density at radius 1 is 1.41 bits per heavy atom. The number of allylic oxidation sites excluding steroid dienone is 1. The molecule has 1 saturated carbocycles. The SMILES string of the molecule is O=C(c1coc(C=C2C=Nc3ncccc32)c1O)C1CCC1. The third-order valence-corrected chi connectivity index (χ3v) is 4.24. The van der Waals surface area contributed by atoms with Crippen LogP contribution in [0, 0.1) is 5.92 Å². The van der Waals surface area contributed by atoms with Crippen molar-refractivity contribution < 1.29 is 14.3 Å². The molecule has 22 heavy (non-hydrogen) atoms. The molecule has 0 radical (unpaired) electrons. The lowest BCUT2D eigenvalue weighted by Gasteiger charge is -2.22. The number of aliphatic imine (C=N–C) groups is 1. The molecule has 1 aliphatic carbocycles. The largest absolute Gasteiger partial charge is 0.504 e. The molecule has 0 aromatic carbocycles. The fourth-order valence-corrected chi connectivity index (χ4v) is 2.72. The van der Waals surface area contributed by atoms with Crippen molar-refractivity contribution in [2.75, 3.05) is 0 Å². The van der Waals surface area contributed by atoms with Crippen molar-refractivity contribution in [3.63, 3.8) is 0 Å². The maximum Gasteiger partial charge on any atom is 0.172 e. The Labute approximate surface area is 127 Å². The number of Topliss-reactive ketones (excluding diaryl/α,β-unsaturated/α-hetero) is 1. The summed E-state index contributed by atoms with van der Waals surface area (Å²) < 4.78 is 5.38. The van der Waals surface area contributed by atoms with Gasteiger partial charge in [0.1, 0.15) is 6.26 Å². The summed E-state index contributed by atoms with van der Waals surface area (Å²) >= 11 is 0. The summed E-state index contributed by atoms with van der Waals surface area (Å²) in [4.78, 5) is 20.6. The van der Waals surface area contributed by atoms with Crippen LogP contribution in [0.4, 0.5) is 5.82 Å². The number of pyridine rings is 1. The molecule has 0 spiro atoms. The zero-order valence-corrected chi connectivity index (χ0v) is 11.8. The lowest BCUT2D eigenvalue weighted by molar-refractivity contribution is 0.0852. The van der Waals surface area contributed by atoms with Crippen LogP contribution >= 0.6 is 0 Å². The summed E-state index contributed by atoms with van der Waals surface area (Å²) in [6, 6.07) is 3.73. The Kier molecular flexibility index (Phi) is 2.92. The fraction of sp³-hybridized carbons (Fsp3) is 0.235. The van der Waals surface area contributed by atoms with E-state index >= 15 is 0 Å². The molecule has 0 amide bonds. The molecule has 2 aromatic rings. The summed E-state index contributed by atoms with van der Waals surface area (Å²) in [6.07, 6.45) is 9.25. The van der Waals surface area contributed by atoms with Gasteiger partial charge in [-0.3, -0.25) is 4.79 Å². The zero-order chi connectivity index (χ0) is 15.1. The minimum absolute atomic E-state index is 0.0284. The second kappa shape index (κ2) is 4.94. The monoisotopic (exact) mass is 294 g/mol. The van der Waals surface area contributed by atoms with Crippen LogP contribution in [0.3, 0.4) is 0 Å². The number of furan rings is 1. The van der Waals surface area contributed by atoms with Gasteiger partial charge >= 0.3 is 0 Å². The lowest BCUT2D eigenvalue weighted by Crippen LogP contribution is -2.21. The Morgan fingerprint density at radius 3 is 3.05 bits per heavy atom. The van der Waals surface area contributed by atoms with Crippen LogP contribution in [-0.2, 0) is 0 Å². The second-order valence-corrected chi connectivity index (χ2v) is 5.59. The zero-order valence-electron chi connectivity index (χ0n) is 11.8. The molecular formula is C17H14N2O3. The van der Waals surface area contributed by atoms with E-state index in [1.165, 1.54) is 6.26 Å². The van der Waals surface area contributed by atoms with E-state index in [-0.39, 0.29) is 28.8 Å². The van der Waals surface area contributed by atoms with Crippen LogP contribution in [0.15, 0.2) is 34.0 Å². The minimum atomic E-state index is -0.0878. The molecular weight excluding hydrogens is 280 g/mol. The average Bonchev–Trinajstić information content (AvgIpc) is 3.03. The summed E-state index contributed by atoms with van der Waals surface area (Å²) in [6.45, 7) is 0. The van der Waals surface area contributed by atoms with Gasteiger partial charge in [-0.2, -0.15) is 0 Å². The van der Waals surface area contributed by atoms with Crippen LogP contribution < -0.4 is 0 Å². The van der Waals surface area contributed by atoms with E-state index in [1.807, 2.05) is 12.1 Å². The van der Waals surface area contributed by atoms with Gasteiger partial charge < -0.3 is 9.52 Å². The van der Waals surface area contributed by atoms with Gasteiger partial charge in [0.15, 0.2) is 23.1 Å². The molecule has 0 bridgehead atoms. The molecule has 5 nitrogen and oxygen atoms in total. The fourth-order valence-electron chi connectivity index (χ4n) is 2.72. The lowest BCUT2D eigenvalue weighted by atomic mass is 9.80. The number of aromatic hydroxyl groups is 1. The third-order valence-electron chi connectivity index (χ3n) is 4.24. The van der Waals surface area contributed by atoms with Gasteiger partial charge in [-0.1, -0.05) is 6.42 Å². The normalized spacial score (nSPS) is 18.5. The van der Waals surface area contributed by atoms with Crippen molar-refractivity contribution in [1.82, 2.24) is 4.98 Å². The Bertz CT molecular complexity index is 813. The average molecular weight is 294 g/mol. The first kappa shape index (κ1) is 13.0. The van der Waals surface area contributed by atoms with E-state index in [1.54, 1.807) is 18.5 Å². The minimum Gasteiger partial charge on any atom is -0.504 e. The van der Waals surface area contributed by atoms with Gasteiger partial charge in [0, 0.05) is 29.5 Å². The molecule has 1 N–H and O–H groups in total. The number of rotatable bonds is 3. The Balaban J connectivity index is 1.67. The van der Waals surface area contributed by atoms with Gasteiger partial charge in [-0.25, -0.2) is 9.98 Å². The summed E-state index contributed by atoms with van der Waals surface area (Å²) in [5, 5.41) is 10.3. The number of fused-ring (bicyclic) bond motifs is 1. The van der Waals surface area contributed by atoms with E-state index in [0.29, 0.717) is 5.82 Å². The first-order valence-electron chi connectivity index (χ1n) is 7.30. The molecule has 0 unspecified atom stereocenters. The molecule has 110 valence electrons. The van der Waals surface area contributed by atoms with Gasteiger partial charge in [0.2, 0.25) is 0 Å². The van der Waals surface area contributed by atoms with Gasteiger partial charge in [0.05, 0.1) is 5.56 Å². The van der Waals surface area contributed by atoms with Crippen molar-refractivity contribution in [3.05, 3.63) is 41.5 Å². The summed E-state index contributed by atoms with van der Waals surface area (Å²) in [5.41, 5.74) is 1.96. The number of ketones is 1. The molecule has 1 aliphatic heterocycles. The number of carbonyl (C=O) groups is 1. The van der Waals surface area contributed by atoms with Crippen molar-refractivity contribution in [3.8, 4) is 5.75 Å². The predicted molar refractivity (Wildman–Crippen MR) is 82.3 cm³/mol. The Morgan fingerprint density at radius 2 is 2.27 bits per heavy atom. The number of hydrogen-bond donors (Lipinski definition) is 1. The number of hydrogen-bond acceptors (Lipinski definition) is 5. The molecule has 1 fully saturated rings. The number of nitrogens with zero attached hydrogens (tertiary/aromatic N) is 2. The van der Waals surface area contributed by atoms with Crippen molar-refractivity contribution in [2.45, 2.75) is 19.3 Å². The smallest absolute Gasteiger partial charge is 0.172 e. The Hall–Kier alpha value is -2.69. The maximum atomic E-state index is 12.2. The summed E-state index contributed by atoms with van der Waals surface area (Å²) in [7, 11) is 0. The molecule has 0 saturated heterocycles. The molecule has 2 aromatic heterocycles. The first-order valence-corrected chi connectivity index (χ1v) is 7.30. The van der Waals surface area contributed by atoms with E-state index in [4.69, 9.17) is 4.42 Å². The van der Waals surface area contributed by atoms with Crippen molar-refractivity contribution >= 4 is 29.5 Å². The van der Waals surface area contributed by atoms with E-state index in [9.17, 15) is 9.90 Å².